The van der Waals surface area contributed by atoms with Crippen LogP contribution >= 0.6 is 0 Å². The fourth-order valence-corrected chi connectivity index (χ4v) is 2.54. The van der Waals surface area contributed by atoms with Crippen molar-refractivity contribution in [2.24, 2.45) is 5.92 Å². The molecule has 1 aromatic rings. The summed E-state index contributed by atoms with van der Waals surface area (Å²) in [5.41, 5.74) is 3.97. The van der Waals surface area contributed by atoms with Gasteiger partial charge in [-0.15, -0.1) is 0 Å². The van der Waals surface area contributed by atoms with Crippen molar-refractivity contribution in [3.8, 4) is 0 Å². The normalized spacial score (nSPS) is 17.9. The number of hydrogen-bond acceptors (Lipinski definition) is 2. The highest BCUT2D eigenvalue weighted by atomic mass is 16.5. The number of benzene rings is 1. The highest BCUT2D eigenvalue weighted by Gasteiger charge is 2.20. The zero-order valence-corrected chi connectivity index (χ0v) is 10.7. The van der Waals surface area contributed by atoms with Gasteiger partial charge in [0.25, 0.3) is 0 Å². The van der Waals surface area contributed by atoms with E-state index in [1.807, 2.05) is 6.92 Å². The van der Waals surface area contributed by atoms with E-state index in [-0.39, 0.29) is 5.97 Å². The predicted octanol–water partition coefficient (Wildman–Crippen LogP) is 2.92. The minimum Gasteiger partial charge on any atom is -0.466 e. The van der Waals surface area contributed by atoms with Crippen molar-refractivity contribution in [1.82, 2.24) is 0 Å². The smallest absolute Gasteiger partial charge is 0.310 e. The molecule has 1 aliphatic carbocycles. The molecular weight excluding hydrogens is 212 g/mol. The molecule has 2 heteroatoms. The van der Waals surface area contributed by atoms with Gasteiger partial charge in [-0.3, -0.25) is 4.79 Å². The van der Waals surface area contributed by atoms with Gasteiger partial charge in [-0.25, -0.2) is 0 Å². The van der Waals surface area contributed by atoms with Crippen LogP contribution in [0, 0.1) is 5.92 Å². The van der Waals surface area contributed by atoms with Crippen molar-refractivity contribution in [2.75, 3.05) is 6.61 Å². The lowest BCUT2D eigenvalue weighted by atomic mass is 10.0. The minimum atomic E-state index is -0.127. The molecule has 0 aliphatic heterocycles. The maximum absolute atomic E-state index is 11.4. The Kier molecular flexibility index (Phi) is 3.82. The van der Waals surface area contributed by atoms with Crippen molar-refractivity contribution in [1.29, 1.82) is 0 Å². The fourth-order valence-electron chi connectivity index (χ4n) is 2.54. The van der Waals surface area contributed by atoms with Gasteiger partial charge in [0.15, 0.2) is 0 Å². The Morgan fingerprint density at radius 1 is 1.29 bits per heavy atom. The van der Waals surface area contributed by atoms with Crippen LogP contribution in [0.15, 0.2) is 18.2 Å². The van der Waals surface area contributed by atoms with E-state index in [4.69, 9.17) is 4.74 Å². The van der Waals surface area contributed by atoms with Gasteiger partial charge in [-0.05, 0) is 42.4 Å². The quantitative estimate of drug-likeness (QED) is 0.746. The summed E-state index contributed by atoms with van der Waals surface area (Å²) in [6, 6.07) is 6.43. The first-order valence-electron chi connectivity index (χ1n) is 6.49. The van der Waals surface area contributed by atoms with Crippen LogP contribution in [0.2, 0.25) is 0 Å². The molecule has 92 valence electrons. The van der Waals surface area contributed by atoms with Crippen LogP contribution in [0.4, 0.5) is 0 Å². The molecule has 0 heterocycles. The number of hydrogen-bond donors (Lipinski definition) is 0. The first-order valence-corrected chi connectivity index (χ1v) is 6.49. The number of esters is 1. The standard InChI is InChI=1S/C15H20O2/c1-3-11-7-13-6-5-12(9-14(13)8-11)10-15(16)17-4-2/h5-6,9,11H,3-4,7-8,10H2,1-2H3. The molecular formula is C15H20O2. The van der Waals surface area contributed by atoms with Gasteiger partial charge in [-0.1, -0.05) is 31.5 Å². The summed E-state index contributed by atoms with van der Waals surface area (Å²) in [4.78, 5) is 11.4. The highest BCUT2D eigenvalue weighted by molar-refractivity contribution is 5.72. The van der Waals surface area contributed by atoms with E-state index < -0.39 is 0 Å². The number of carbonyl (C=O) groups excluding carboxylic acids is 1. The lowest BCUT2D eigenvalue weighted by Crippen LogP contribution is -2.07. The summed E-state index contributed by atoms with van der Waals surface area (Å²) < 4.78 is 4.97. The Hall–Kier alpha value is -1.31. The molecule has 0 amide bonds. The predicted molar refractivity (Wildman–Crippen MR) is 68.0 cm³/mol. The molecule has 0 radical (unpaired) electrons. The van der Waals surface area contributed by atoms with Gasteiger partial charge in [0.05, 0.1) is 13.0 Å². The third-order valence-corrected chi connectivity index (χ3v) is 3.52. The summed E-state index contributed by atoms with van der Waals surface area (Å²) in [5, 5.41) is 0. The SMILES string of the molecule is CCOC(=O)Cc1ccc2c(c1)CC(CC)C2. The van der Waals surface area contributed by atoms with Crippen molar-refractivity contribution in [2.45, 2.75) is 39.5 Å². The summed E-state index contributed by atoms with van der Waals surface area (Å²) >= 11 is 0. The van der Waals surface area contributed by atoms with E-state index in [1.165, 1.54) is 30.4 Å². The Labute approximate surface area is 103 Å². The van der Waals surface area contributed by atoms with Gasteiger partial charge in [0, 0.05) is 0 Å². The van der Waals surface area contributed by atoms with Crippen LogP contribution in [0.5, 0.6) is 0 Å². The lowest BCUT2D eigenvalue weighted by molar-refractivity contribution is -0.142. The van der Waals surface area contributed by atoms with Gasteiger partial charge in [0.1, 0.15) is 0 Å². The Morgan fingerprint density at radius 3 is 2.76 bits per heavy atom. The third kappa shape index (κ3) is 2.87. The minimum absolute atomic E-state index is 0.127. The molecule has 1 aliphatic rings. The third-order valence-electron chi connectivity index (χ3n) is 3.52. The largest absolute Gasteiger partial charge is 0.466 e. The van der Waals surface area contributed by atoms with E-state index in [0.717, 1.165) is 11.5 Å². The van der Waals surface area contributed by atoms with Crippen LogP contribution in [0.3, 0.4) is 0 Å². The summed E-state index contributed by atoms with van der Waals surface area (Å²) in [5.74, 6) is 0.667. The maximum Gasteiger partial charge on any atom is 0.310 e. The monoisotopic (exact) mass is 232 g/mol. The van der Waals surface area contributed by atoms with E-state index >= 15 is 0 Å². The van der Waals surface area contributed by atoms with Gasteiger partial charge < -0.3 is 4.74 Å². The molecule has 0 spiro atoms. The van der Waals surface area contributed by atoms with E-state index in [1.54, 1.807) is 0 Å². The highest BCUT2D eigenvalue weighted by Crippen LogP contribution is 2.29. The maximum atomic E-state index is 11.4. The van der Waals surface area contributed by atoms with Crippen molar-refractivity contribution in [3.63, 3.8) is 0 Å². The van der Waals surface area contributed by atoms with Crippen LogP contribution in [0.1, 0.15) is 37.0 Å². The number of ether oxygens (including phenoxy) is 1. The molecule has 0 saturated carbocycles. The fraction of sp³-hybridized carbons (Fsp3) is 0.533. The molecule has 17 heavy (non-hydrogen) atoms. The average Bonchev–Trinajstić information content (AvgIpc) is 2.71. The van der Waals surface area contributed by atoms with Crippen LogP contribution in [0.25, 0.3) is 0 Å². The van der Waals surface area contributed by atoms with Gasteiger partial charge in [0.2, 0.25) is 0 Å². The average molecular weight is 232 g/mol. The Morgan fingerprint density at radius 2 is 2.06 bits per heavy atom. The zero-order chi connectivity index (χ0) is 12.3. The molecule has 0 bridgehead atoms. The molecule has 0 fully saturated rings. The Bertz CT molecular complexity index is 409. The van der Waals surface area contributed by atoms with Crippen molar-refractivity contribution in [3.05, 3.63) is 34.9 Å². The van der Waals surface area contributed by atoms with Gasteiger partial charge in [-0.2, -0.15) is 0 Å². The number of fused-ring (bicyclic) bond motifs is 1. The van der Waals surface area contributed by atoms with E-state index in [0.29, 0.717) is 13.0 Å². The topological polar surface area (TPSA) is 26.3 Å². The summed E-state index contributed by atoms with van der Waals surface area (Å²) in [7, 11) is 0. The molecule has 0 aromatic heterocycles. The van der Waals surface area contributed by atoms with Crippen molar-refractivity contribution >= 4 is 5.97 Å². The lowest BCUT2D eigenvalue weighted by Gasteiger charge is -2.04. The second-order valence-electron chi connectivity index (χ2n) is 4.77. The molecule has 1 atom stereocenters. The molecule has 2 rings (SSSR count). The molecule has 0 saturated heterocycles. The van der Waals surface area contributed by atoms with E-state index in [9.17, 15) is 4.79 Å². The molecule has 1 aromatic carbocycles. The Balaban J connectivity index is 2.05. The summed E-state index contributed by atoms with van der Waals surface area (Å²) in [6.45, 7) is 4.55. The first-order chi connectivity index (χ1) is 8.22. The van der Waals surface area contributed by atoms with Crippen molar-refractivity contribution < 1.29 is 9.53 Å². The number of rotatable bonds is 4. The van der Waals surface area contributed by atoms with Crippen LogP contribution < -0.4 is 0 Å². The first kappa shape index (κ1) is 12.2. The zero-order valence-electron chi connectivity index (χ0n) is 10.7. The number of carbonyl (C=O) groups is 1. The van der Waals surface area contributed by atoms with E-state index in [2.05, 4.69) is 25.1 Å². The molecule has 1 unspecified atom stereocenters. The second kappa shape index (κ2) is 5.35. The molecule has 2 nitrogen and oxygen atoms in total. The van der Waals surface area contributed by atoms with Crippen LogP contribution in [-0.2, 0) is 28.8 Å². The second-order valence-corrected chi connectivity index (χ2v) is 4.77. The summed E-state index contributed by atoms with van der Waals surface area (Å²) in [6.07, 6.45) is 4.01. The van der Waals surface area contributed by atoms with Crippen LogP contribution in [-0.4, -0.2) is 12.6 Å². The van der Waals surface area contributed by atoms with Gasteiger partial charge >= 0.3 is 5.97 Å². The molecule has 0 N–H and O–H groups in total.